The van der Waals surface area contributed by atoms with Gasteiger partial charge in [-0.15, -0.1) is 0 Å². The van der Waals surface area contributed by atoms with E-state index >= 15 is 0 Å². The van der Waals surface area contributed by atoms with Crippen LogP contribution in [0.3, 0.4) is 0 Å². The van der Waals surface area contributed by atoms with E-state index in [0.29, 0.717) is 19.3 Å². The monoisotopic (exact) mass is 923 g/mol. The highest BCUT2D eigenvalue weighted by atomic mass is 16.6. The summed E-state index contributed by atoms with van der Waals surface area (Å²) in [6.07, 6.45) is 67.7. The van der Waals surface area contributed by atoms with Crippen LogP contribution in [0, 0.1) is 0 Å². The van der Waals surface area contributed by atoms with Gasteiger partial charge in [0.25, 0.3) is 0 Å². The van der Waals surface area contributed by atoms with E-state index in [1.807, 2.05) is 0 Å². The molecule has 0 heterocycles. The van der Waals surface area contributed by atoms with Gasteiger partial charge in [0.1, 0.15) is 13.2 Å². The lowest BCUT2D eigenvalue weighted by Gasteiger charge is -2.18. The normalized spacial score (nSPS) is 12.5. The number of rotatable bonds is 51. The largest absolute Gasteiger partial charge is 0.462 e. The Balaban J connectivity index is 4.39. The second-order valence-electron chi connectivity index (χ2n) is 18.8. The van der Waals surface area contributed by atoms with Crippen LogP contribution >= 0.6 is 0 Å². The number of hydrogen-bond acceptors (Lipinski definition) is 6. The molecule has 6 heteroatoms. The first-order chi connectivity index (χ1) is 32.5. The third-order valence-corrected chi connectivity index (χ3v) is 12.2. The Hall–Kier alpha value is -2.89. The number of hydrogen-bond donors (Lipinski definition) is 0. The minimum absolute atomic E-state index is 0.0840. The molecule has 0 saturated carbocycles. The van der Waals surface area contributed by atoms with Crippen LogP contribution in [0.5, 0.6) is 0 Å². The summed E-state index contributed by atoms with van der Waals surface area (Å²) in [4.78, 5) is 38.1. The van der Waals surface area contributed by atoms with Crippen molar-refractivity contribution in [2.75, 3.05) is 13.2 Å². The molecule has 6 nitrogen and oxygen atoms in total. The van der Waals surface area contributed by atoms with Gasteiger partial charge in [-0.1, -0.05) is 216 Å². The molecule has 0 rings (SSSR count). The smallest absolute Gasteiger partial charge is 0.306 e. The molecule has 0 N–H and O–H groups in total. The highest BCUT2D eigenvalue weighted by molar-refractivity contribution is 5.71. The van der Waals surface area contributed by atoms with Crippen LogP contribution in [-0.4, -0.2) is 37.2 Å². The van der Waals surface area contributed by atoms with Crippen LogP contribution in [0.15, 0.2) is 60.8 Å². The molecule has 0 fully saturated rings. The number of carbonyl (C=O) groups excluding carboxylic acids is 3. The van der Waals surface area contributed by atoms with E-state index in [9.17, 15) is 14.4 Å². The van der Waals surface area contributed by atoms with Gasteiger partial charge >= 0.3 is 17.9 Å². The molecule has 0 aromatic rings. The molecule has 0 amide bonds. The average molecular weight is 924 g/mol. The Labute approximate surface area is 409 Å². The molecule has 0 spiro atoms. The molecule has 0 radical (unpaired) electrons. The van der Waals surface area contributed by atoms with E-state index in [4.69, 9.17) is 14.2 Å². The Morgan fingerprint density at radius 1 is 0.303 bits per heavy atom. The number of ether oxygens (including phenoxy) is 3. The van der Waals surface area contributed by atoms with E-state index in [1.165, 1.54) is 148 Å². The van der Waals surface area contributed by atoms with Crippen molar-refractivity contribution in [1.82, 2.24) is 0 Å². The Bertz CT molecular complexity index is 1200. The van der Waals surface area contributed by atoms with Crippen molar-refractivity contribution in [2.45, 2.75) is 290 Å². The lowest BCUT2D eigenvalue weighted by Crippen LogP contribution is -2.30. The molecule has 1 atom stereocenters. The first-order valence-corrected chi connectivity index (χ1v) is 28.3. The molecular formula is C60H106O6. The summed E-state index contributed by atoms with van der Waals surface area (Å²) < 4.78 is 16.8. The average Bonchev–Trinajstić information content (AvgIpc) is 3.31. The van der Waals surface area contributed by atoms with Gasteiger partial charge in [0, 0.05) is 19.3 Å². The topological polar surface area (TPSA) is 78.9 Å². The van der Waals surface area contributed by atoms with Crippen LogP contribution in [0.25, 0.3) is 0 Å². The minimum atomic E-state index is -0.786. The van der Waals surface area contributed by atoms with Crippen molar-refractivity contribution >= 4 is 17.9 Å². The third-order valence-electron chi connectivity index (χ3n) is 12.2. The van der Waals surface area contributed by atoms with Crippen LogP contribution < -0.4 is 0 Å². The van der Waals surface area contributed by atoms with Crippen LogP contribution in [0.2, 0.25) is 0 Å². The molecule has 0 aliphatic carbocycles. The maximum atomic E-state index is 12.8. The van der Waals surface area contributed by atoms with Crippen molar-refractivity contribution in [1.29, 1.82) is 0 Å². The zero-order valence-corrected chi connectivity index (χ0v) is 43.7. The van der Waals surface area contributed by atoms with E-state index in [0.717, 1.165) is 96.3 Å². The molecule has 0 aliphatic rings. The molecule has 66 heavy (non-hydrogen) atoms. The van der Waals surface area contributed by atoms with E-state index in [-0.39, 0.29) is 31.1 Å². The quantitative estimate of drug-likeness (QED) is 0.0262. The van der Waals surface area contributed by atoms with Crippen molar-refractivity contribution in [3.05, 3.63) is 60.8 Å². The van der Waals surface area contributed by atoms with Crippen LogP contribution in [0.1, 0.15) is 284 Å². The minimum Gasteiger partial charge on any atom is -0.462 e. The fraction of sp³-hybridized carbons (Fsp3) is 0.783. The van der Waals surface area contributed by atoms with Crippen molar-refractivity contribution in [3.63, 3.8) is 0 Å². The number of allylic oxidation sites excluding steroid dienone is 10. The van der Waals surface area contributed by atoms with E-state index < -0.39 is 6.10 Å². The summed E-state index contributed by atoms with van der Waals surface area (Å²) in [5, 5.41) is 0. The van der Waals surface area contributed by atoms with Crippen molar-refractivity contribution < 1.29 is 28.6 Å². The summed E-state index contributed by atoms with van der Waals surface area (Å²) in [6.45, 7) is 6.58. The maximum Gasteiger partial charge on any atom is 0.306 e. The number of carbonyl (C=O) groups is 3. The van der Waals surface area contributed by atoms with Gasteiger partial charge in [-0.2, -0.15) is 0 Å². The molecule has 0 aromatic carbocycles. The second-order valence-corrected chi connectivity index (χ2v) is 18.8. The predicted octanol–water partition coefficient (Wildman–Crippen LogP) is 18.8. The van der Waals surface area contributed by atoms with Crippen LogP contribution in [0.4, 0.5) is 0 Å². The summed E-state index contributed by atoms with van der Waals surface area (Å²) >= 11 is 0. The maximum absolute atomic E-state index is 12.8. The second kappa shape index (κ2) is 54.7. The van der Waals surface area contributed by atoms with Crippen molar-refractivity contribution in [2.24, 2.45) is 0 Å². The summed E-state index contributed by atoms with van der Waals surface area (Å²) in [6, 6.07) is 0. The number of unbranched alkanes of at least 4 members (excludes halogenated alkanes) is 30. The Morgan fingerprint density at radius 3 is 0.879 bits per heavy atom. The molecule has 1 unspecified atom stereocenters. The zero-order chi connectivity index (χ0) is 47.9. The SMILES string of the molecule is CCCCC/C=C\C/C=C\CCCCCCCCCCCC(=O)OCC(COC(=O)CCCCCCC/C=C\CCCCCCC)OC(=O)CCCCCCC/C=C\C/C=C\CCCCC. The predicted molar refractivity (Wildman–Crippen MR) is 284 cm³/mol. The fourth-order valence-electron chi connectivity index (χ4n) is 7.91. The standard InChI is InChI=1S/C60H106O6/c1-4-7-10-13-16-19-22-25-28-29-30-31-33-35-38-41-44-47-50-53-59(62)65-56-57(55-64-58(61)52-49-46-43-40-37-34-27-24-21-18-15-12-9-6-3)66-60(63)54-51-48-45-42-39-36-32-26-23-20-17-14-11-8-5-2/h16-17,19-20,24-28,32,57H,4-15,18,21-23,29-31,33-56H2,1-3H3/b19-16-,20-17-,27-24-,28-25-,32-26-. The molecule has 0 bridgehead atoms. The first-order valence-electron chi connectivity index (χ1n) is 28.3. The molecule has 0 saturated heterocycles. The molecular weight excluding hydrogens is 817 g/mol. The lowest BCUT2D eigenvalue weighted by molar-refractivity contribution is -0.167. The van der Waals surface area contributed by atoms with Crippen molar-refractivity contribution in [3.8, 4) is 0 Å². The Morgan fingerprint density at radius 2 is 0.545 bits per heavy atom. The highest BCUT2D eigenvalue weighted by Crippen LogP contribution is 2.15. The highest BCUT2D eigenvalue weighted by Gasteiger charge is 2.19. The Kier molecular flexibility index (Phi) is 52.3. The van der Waals surface area contributed by atoms with Gasteiger partial charge < -0.3 is 14.2 Å². The van der Waals surface area contributed by atoms with E-state index in [1.54, 1.807) is 0 Å². The number of esters is 3. The third kappa shape index (κ3) is 52.1. The van der Waals surface area contributed by atoms with Gasteiger partial charge in [-0.05, 0) is 109 Å². The molecule has 0 aromatic heterocycles. The molecule has 0 aliphatic heterocycles. The van der Waals surface area contributed by atoms with Crippen LogP contribution in [-0.2, 0) is 28.6 Å². The molecule has 382 valence electrons. The summed E-state index contributed by atoms with van der Waals surface area (Å²) in [5.74, 6) is -0.902. The van der Waals surface area contributed by atoms with Gasteiger partial charge in [0.05, 0.1) is 0 Å². The summed E-state index contributed by atoms with van der Waals surface area (Å²) in [7, 11) is 0. The van der Waals surface area contributed by atoms with E-state index in [2.05, 4.69) is 81.5 Å². The fourth-order valence-corrected chi connectivity index (χ4v) is 7.91. The van der Waals surface area contributed by atoms with Gasteiger partial charge in [-0.3, -0.25) is 14.4 Å². The van der Waals surface area contributed by atoms with Gasteiger partial charge in [-0.25, -0.2) is 0 Å². The lowest BCUT2D eigenvalue weighted by atomic mass is 10.1. The zero-order valence-electron chi connectivity index (χ0n) is 43.7. The van der Waals surface area contributed by atoms with Gasteiger partial charge in [0.15, 0.2) is 6.10 Å². The summed E-state index contributed by atoms with van der Waals surface area (Å²) in [5.41, 5.74) is 0. The van der Waals surface area contributed by atoms with Gasteiger partial charge in [0.2, 0.25) is 0 Å². The first kappa shape index (κ1) is 63.1.